The summed E-state index contributed by atoms with van der Waals surface area (Å²) in [6.07, 6.45) is 1.60. The largest absolute Gasteiger partial charge is 0.399 e. The SMILES string of the molecule is Nc1ccc(Cl)c(CN2CCCC2=O)c1. The molecule has 0 saturated carbocycles. The van der Waals surface area contributed by atoms with Crippen LogP contribution in [0.25, 0.3) is 0 Å². The summed E-state index contributed by atoms with van der Waals surface area (Å²) >= 11 is 6.03. The van der Waals surface area contributed by atoms with E-state index in [1.165, 1.54) is 0 Å². The van der Waals surface area contributed by atoms with Gasteiger partial charge in [-0.1, -0.05) is 11.6 Å². The highest BCUT2D eigenvalue weighted by atomic mass is 35.5. The van der Waals surface area contributed by atoms with Crippen molar-refractivity contribution in [1.29, 1.82) is 0 Å². The summed E-state index contributed by atoms with van der Waals surface area (Å²) in [4.78, 5) is 13.2. The minimum atomic E-state index is 0.202. The summed E-state index contributed by atoms with van der Waals surface area (Å²) < 4.78 is 0. The van der Waals surface area contributed by atoms with Crippen molar-refractivity contribution in [2.45, 2.75) is 19.4 Å². The van der Waals surface area contributed by atoms with Crippen molar-refractivity contribution in [1.82, 2.24) is 4.90 Å². The molecular weight excluding hydrogens is 212 g/mol. The van der Waals surface area contributed by atoms with Crippen molar-refractivity contribution in [2.75, 3.05) is 12.3 Å². The van der Waals surface area contributed by atoms with Gasteiger partial charge < -0.3 is 10.6 Å². The molecule has 80 valence electrons. The quantitative estimate of drug-likeness (QED) is 0.782. The number of nitrogens with two attached hydrogens (primary N) is 1. The number of hydrogen-bond acceptors (Lipinski definition) is 2. The van der Waals surface area contributed by atoms with Gasteiger partial charge in [-0.15, -0.1) is 0 Å². The first-order valence-electron chi connectivity index (χ1n) is 4.98. The van der Waals surface area contributed by atoms with Gasteiger partial charge in [0.15, 0.2) is 0 Å². The molecule has 0 atom stereocenters. The first-order valence-corrected chi connectivity index (χ1v) is 5.36. The molecule has 1 aliphatic heterocycles. The van der Waals surface area contributed by atoms with Crippen LogP contribution in [-0.2, 0) is 11.3 Å². The molecule has 1 fully saturated rings. The average molecular weight is 225 g/mol. The lowest BCUT2D eigenvalue weighted by atomic mass is 10.2. The Morgan fingerprint density at radius 3 is 2.93 bits per heavy atom. The highest BCUT2D eigenvalue weighted by Gasteiger charge is 2.20. The Bertz CT molecular complexity index is 392. The molecule has 0 unspecified atom stereocenters. The van der Waals surface area contributed by atoms with Crippen LogP contribution in [0.15, 0.2) is 18.2 Å². The summed E-state index contributed by atoms with van der Waals surface area (Å²) in [5.41, 5.74) is 7.28. The number of benzene rings is 1. The predicted molar refractivity (Wildman–Crippen MR) is 60.5 cm³/mol. The summed E-state index contributed by atoms with van der Waals surface area (Å²) in [5, 5.41) is 0.670. The van der Waals surface area contributed by atoms with Crippen LogP contribution in [0.1, 0.15) is 18.4 Å². The molecular formula is C11H13ClN2O. The van der Waals surface area contributed by atoms with Gasteiger partial charge in [0.05, 0.1) is 0 Å². The fourth-order valence-corrected chi connectivity index (χ4v) is 1.97. The zero-order valence-corrected chi connectivity index (χ0v) is 9.13. The number of carbonyl (C=O) groups is 1. The third kappa shape index (κ3) is 2.23. The third-order valence-corrected chi connectivity index (χ3v) is 2.97. The Labute approximate surface area is 93.8 Å². The first kappa shape index (κ1) is 10.3. The molecule has 1 saturated heterocycles. The fraction of sp³-hybridized carbons (Fsp3) is 0.364. The van der Waals surface area contributed by atoms with E-state index in [-0.39, 0.29) is 5.91 Å². The van der Waals surface area contributed by atoms with Gasteiger partial charge in [0.25, 0.3) is 0 Å². The van der Waals surface area contributed by atoms with Crippen molar-refractivity contribution in [2.24, 2.45) is 0 Å². The first-order chi connectivity index (χ1) is 7.16. The standard InChI is InChI=1S/C11H13ClN2O/c12-10-4-3-9(13)6-8(10)7-14-5-1-2-11(14)15/h3-4,6H,1-2,5,7,13H2. The number of nitrogens with zero attached hydrogens (tertiary/aromatic N) is 1. The second-order valence-corrected chi connectivity index (χ2v) is 4.18. The monoisotopic (exact) mass is 224 g/mol. The molecule has 3 nitrogen and oxygen atoms in total. The van der Waals surface area contributed by atoms with Gasteiger partial charge in [-0.2, -0.15) is 0 Å². The molecule has 0 radical (unpaired) electrons. The van der Waals surface area contributed by atoms with Crippen molar-refractivity contribution in [3.05, 3.63) is 28.8 Å². The topological polar surface area (TPSA) is 46.3 Å². The molecule has 1 aliphatic rings. The lowest BCUT2D eigenvalue weighted by Crippen LogP contribution is -2.24. The van der Waals surface area contributed by atoms with Crippen LogP contribution < -0.4 is 5.73 Å². The highest BCUT2D eigenvalue weighted by molar-refractivity contribution is 6.31. The summed E-state index contributed by atoms with van der Waals surface area (Å²) in [5.74, 6) is 0.202. The van der Waals surface area contributed by atoms with E-state index < -0.39 is 0 Å². The molecule has 1 heterocycles. The normalized spacial score (nSPS) is 16.1. The molecule has 1 aromatic rings. The second kappa shape index (κ2) is 4.11. The van der Waals surface area contributed by atoms with E-state index in [2.05, 4.69) is 0 Å². The zero-order chi connectivity index (χ0) is 10.8. The van der Waals surface area contributed by atoms with Gasteiger partial charge in [0, 0.05) is 30.2 Å². The lowest BCUT2D eigenvalue weighted by Gasteiger charge is -2.16. The van der Waals surface area contributed by atoms with Crippen LogP contribution in [0, 0.1) is 0 Å². The number of hydrogen-bond donors (Lipinski definition) is 1. The molecule has 1 amide bonds. The van der Waals surface area contributed by atoms with E-state index in [1.807, 2.05) is 11.0 Å². The van der Waals surface area contributed by atoms with Crippen molar-refractivity contribution < 1.29 is 4.79 Å². The number of nitrogen functional groups attached to an aromatic ring is 1. The van der Waals surface area contributed by atoms with Crippen molar-refractivity contribution in [3.63, 3.8) is 0 Å². The molecule has 15 heavy (non-hydrogen) atoms. The van der Waals surface area contributed by atoms with Crippen molar-refractivity contribution in [3.8, 4) is 0 Å². The third-order valence-electron chi connectivity index (χ3n) is 2.60. The van der Waals surface area contributed by atoms with E-state index in [4.69, 9.17) is 17.3 Å². The van der Waals surface area contributed by atoms with E-state index in [0.717, 1.165) is 18.5 Å². The maximum atomic E-state index is 11.4. The van der Waals surface area contributed by atoms with Gasteiger partial charge in [0.2, 0.25) is 5.91 Å². The number of halogens is 1. The van der Waals surface area contributed by atoms with E-state index in [9.17, 15) is 4.79 Å². The van der Waals surface area contributed by atoms with E-state index in [1.54, 1.807) is 12.1 Å². The molecule has 0 bridgehead atoms. The molecule has 0 aromatic heterocycles. The van der Waals surface area contributed by atoms with Crippen LogP contribution >= 0.6 is 11.6 Å². The highest BCUT2D eigenvalue weighted by Crippen LogP contribution is 2.22. The van der Waals surface area contributed by atoms with Gasteiger partial charge in [-0.25, -0.2) is 0 Å². The zero-order valence-electron chi connectivity index (χ0n) is 8.37. The molecule has 0 spiro atoms. The van der Waals surface area contributed by atoms with E-state index >= 15 is 0 Å². The minimum absolute atomic E-state index is 0.202. The molecule has 2 rings (SSSR count). The Kier molecular flexibility index (Phi) is 2.82. The number of carbonyl (C=O) groups excluding carboxylic acids is 1. The van der Waals surface area contributed by atoms with Crippen LogP contribution in [0.5, 0.6) is 0 Å². The Hall–Kier alpha value is -1.22. The van der Waals surface area contributed by atoms with Crippen molar-refractivity contribution >= 4 is 23.2 Å². The maximum absolute atomic E-state index is 11.4. The summed E-state index contributed by atoms with van der Waals surface area (Å²) in [6, 6.07) is 5.36. The van der Waals surface area contributed by atoms with Gasteiger partial charge in [0.1, 0.15) is 0 Å². The van der Waals surface area contributed by atoms with Gasteiger partial charge >= 0.3 is 0 Å². The van der Waals surface area contributed by atoms with Gasteiger partial charge in [-0.05, 0) is 30.2 Å². The smallest absolute Gasteiger partial charge is 0.222 e. The fourth-order valence-electron chi connectivity index (χ4n) is 1.79. The molecule has 0 aliphatic carbocycles. The minimum Gasteiger partial charge on any atom is -0.399 e. The molecule has 4 heteroatoms. The summed E-state index contributed by atoms with van der Waals surface area (Å²) in [7, 11) is 0. The average Bonchev–Trinajstić information content (AvgIpc) is 2.58. The predicted octanol–water partition coefficient (Wildman–Crippen LogP) is 2.04. The number of anilines is 1. The van der Waals surface area contributed by atoms with E-state index in [0.29, 0.717) is 23.7 Å². The Morgan fingerprint density at radius 2 is 2.27 bits per heavy atom. The molecule has 1 aromatic carbocycles. The number of amides is 1. The van der Waals surface area contributed by atoms with Crippen LogP contribution in [0.3, 0.4) is 0 Å². The lowest BCUT2D eigenvalue weighted by molar-refractivity contribution is -0.128. The van der Waals surface area contributed by atoms with Crippen LogP contribution in [0.2, 0.25) is 5.02 Å². The number of likely N-dealkylation sites (tertiary alicyclic amines) is 1. The number of rotatable bonds is 2. The second-order valence-electron chi connectivity index (χ2n) is 3.77. The maximum Gasteiger partial charge on any atom is 0.222 e. The van der Waals surface area contributed by atoms with Crippen LogP contribution in [0.4, 0.5) is 5.69 Å². The van der Waals surface area contributed by atoms with Crippen LogP contribution in [-0.4, -0.2) is 17.4 Å². The Morgan fingerprint density at radius 1 is 1.47 bits per heavy atom. The van der Waals surface area contributed by atoms with Gasteiger partial charge in [-0.3, -0.25) is 4.79 Å². The summed E-state index contributed by atoms with van der Waals surface area (Å²) in [6.45, 7) is 1.40. The Balaban J connectivity index is 2.16. The molecule has 2 N–H and O–H groups in total.